The molecule has 0 bridgehead atoms. The number of rotatable bonds is 4. The molecule has 0 unspecified atom stereocenters. The number of nitrogens with zero attached hydrogens (tertiary/aromatic N) is 3. The Labute approximate surface area is 155 Å². The average molecular weight is 359 g/mol. The van der Waals surface area contributed by atoms with Crippen molar-refractivity contribution in [3.8, 4) is 0 Å². The largest absolute Gasteiger partial charge is 0.387 e. The average Bonchev–Trinajstić information content (AvgIpc) is 2.63. The summed E-state index contributed by atoms with van der Waals surface area (Å²) < 4.78 is 5.43. The van der Waals surface area contributed by atoms with Gasteiger partial charge in [-0.25, -0.2) is 4.98 Å². The van der Waals surface area contributed by atoms with E-state index in [0.29, 0.717) is 17.6 Å². The van der Waals surface area contributed by atoms with Crippen molar-refractivity contribution in [2.45, 2.75) is 51.6 Å². The predicted molar refractivity (Wildman–Crippen MR) is 103 cm³/mol. The molecule has 26 heavy (non-hydrogen) atoms. The number of anilines is 1. The van der Waals surface area contributed by atoms with Gasteiger partial charge in [-0.2, -0.15) is 4.99 Å². The van der Waals surface area contributed by atoms with E-state index in [1.807, 2.05) is 13.0 Å². The summed E-state index contributed by atoms with van der Waals surface area (Å²) in [6.07, 6.45) is 6.07. The first kappa shape index (κ1) is 18.8. The molecule has 0 radical (unpaired) electrons. The molecule has 1 amide bonds. The van der Waals surface area contributed by atoms with Gasteiger partial charge in [0, 0.05) is 44.6 Å². The molecule has 2 fully saturated rings. The summed E-state index contributed by atoms with van der Waals surface area (Å²) >= 11 is 0. The maximum absolute atomic E-state index is 12.4. The Morgan fingerprint density at radius 3 is 2.58 bits per heavy atom. The van der Waals surface area contributed by atoms with Crippen LogP contribution in [0.3, 0.4) is 0 Å². The number of aryl methyl sites for hydroxylation is 1. The standard InChI is InChI=1S/C19H29N5O2/c1-13-11-17(19(25)22-14(2)20)18(21-12-13)24-7-3-15(4-8-24)23-16-5-9-26-10-6-16/h11-12,15-16,23H,3-10H2,1-2H3,(H2,20,22,25). The highest BCUT2D eigenvalue weighted by Gasteiger charge is 2.26. The number of aromatic nitrogens is 1. The fourth-order valence-corrected chi connectivity index (χ4v) is 3.65. The van der Waals surface area contributed by atoms with Crippen LogP contribution in [0.4, 0.5) is 5.82 Å². The van der Waals surface area contributed by atoms with Gasteiger partial charge in [0.1, 0.15) is 11.7 Å². The van der Waals surface area contributed by atoms with Crippen molar-refractivity contribution in [1.29, 1.82) is 0 Å². The van der Waals surface area contributed by atoms with Gasteiger partial charge in [0.05, 0.1) is 5.56 Å². The highest BCUT2D eigenvalue weighted by molar-refractivity contribution is 6.05. The van der Waals surface area contributed by atoms with E-state index >= 15 is 0 Å². The summed E-state index contributed by atoms with van der Waals surface area (Å²) in [5.41, 5.74) is 7.06. The minimum Gasteiger partial charge on any atom is -0.387 e. The summed E-state index contributed by atoms with van der Waals surface area (Å²) in [4.78, 5) is 23.1. The van der Waals surface area contributed by atoms with E-state index in [9.17, 15) is 4.79 Å². The van der Waals surface area contributed by atoms with Gasteiger partial charge >= 0.3 is 0 Å². The molecule has 0 saturated carbocycles. The number of hydrogen-bond acceptors (Lipinski definition) is 5. The number of ether oxygens (including phenoxy) is 1. The van der Waals surface area contributed by atoms with Gasteiger partial charge in [0.2, 0.25) is 0 Å². The number of pyridine rings is 1. The smallest absolute Gasteiger partial charge is 0.282 e. The van der Waals surface area contributed by atoms with Crippen molar-refractivity contribution in [2.24, 2.45) is 10.7 Å². The highest BCUT2D eigenvalue weighted by atomic mass is 16.5. The van der Waals surface area contributed by atoms with Crippen molar-refractivity contribution in [2.75, 3.05) is 31.2 Å². The van der Waals surface area contributed by atoms with Gasteiger partial charge in [-0.3, -0.25) is 4.79 Å². The van der Waals surface area contributed by atoms with E-state index in [2.05, 4.69) is 20.2 Å². The van der Waals surface area contributed by atoms with E-state index in [0.717, 1.165) is 63.4 Å². The zero-order chi connectivity index (χ0) is 18.5. The van der Waals surface area contributed by atoms with Crippen LogP contribution in [-0.2, 0) is 4.74 Å². The zero-order valence-electron chi connectivity index (χ0n) is 15.7. The molecule has 1 aromatic heterocycles. The summed E-state index contributed by atoms with van der Waals surface area (Å²) in [6.45, 7) is 7.02. The number of carbonyl (C=O) groups is 1. The van der Waals surface area contributed by atoms with Crippen molar-refractivity contribution in [3.05, 3.63) is 23.4 Å². The van der Waals surface area contributed by atoms with Crippen molar-refractivity contribution in [3.63, 3.8) is 0 Å². The summed E-state index contributed by atoms with van der Waals surface area (Å²) in [5.74, 6) is 0.663. The van der Waals surface area contributed by atoms with Gasteiger partial charge in [0.15, 0.2) is 0 Å². The van der Waals surface area contributed by atoms with Crippen LogP contribution >= 0.6 is 0 Å². The summed E-state index contributed by atoms with van der Waals surface area (Å²) in [5, 5.41) is 3.77. The molecule has 2 aliphatic rings. The molecule has 7 heteroatoms. The lowest BCUT2D eigenvalue weighted by Gasteiger charge is -2.36. The van der Waals surface area contributed by atoms with Crippen molar-refractivity contribution in [1.82, 2.24) is 10.3 Å². The van der Waals surface area contributed by atoms with Crippen LogP contribution in [0.15, 0.2) is 17.3 Å². The lowest BCUT2D eigenvalue weighted by molar-refractivity contribution is 0.0738. The Morgan fingerprint density at radius 2 is 1.92 bits per heavy atom. The minimum absolute atomic E-state index is 0.266. The number of nitrogens with one attached hydrogen (secondary N) is 1. The van der Waals surface area contributed by atoms with Crippen LogP contribution in [0.25, 0.3) is 0 Å². The molecular weight excluding hydrogens is 330 g/mol. The SMILES string of the molecule is CC(N)=NC(=O)c1cc(C)cnc1N1CCC(NC2CCOCC2)CC1. The second kappa shape index (κ2) is 8.60. The van der Waals surface area contributed by atoms with Gasteiger partial charge in [-0.1, -0.05) is 0 Å². The van der Waals surface area contributed by atoms with Crippen LogP contribution < -0.4 is 16.0 Å². The third kappa shape index (κ3) is 4.80. The Bertz CT molecular complexity index is 658. The quantitative estimate of drug-likeness (QED) is 0.627. The van der Waals surface area contributed by atoms with Crippen LogP contribution in [0.2, 0.25) is 0 Å². The third-order valence-electron chi connectivity index (χ3n) is 5.00. The van der Waals surface area contributed by atoms with Crippen LogP contribution in [0.1, 0.15) is 48.5 Å². The molecule has 3 heterocycles. The number of aliphatic imine (C=N–C) groups is 1. The van der Waals surface area contributed by atoms with Crippen LogP contribution in [0, 0.1) is 6.92 Å². The molecule has 142 valence electrons. The van der Waals surface area contributed by atoms with Crippen molar-refractivity contribution < 1.29 is 9.53 Å². The molecule has 0 spiro atoms. The molecule has 0 atom stereocenters. The fourth-order valence-electron chi connectivity index (χ4n) is 3.65. The Balaban J connectivity index is 1.65. The number of piperidine rings is 1. The Morgan fingerprint density at radius 1 is 1.27 bits per heavy atom. The summed E-state index contributed by atoms with van der Waals surface area (Å²) in [7, 11) is 0. The molecule has 7 nitrogen and oxygen atoms in total. The van der Waals surface area contributed by atoms with E-state index in [4.69, 9.17) is 10.5 Å². The molecule has 2 saturated heterocycles. The molecular formula is C19H29N5O2. The fraction of sp³-hybridized carbons (Fsp3) is 0.632. The first-order chi connectivity index (χ1) is 12.5. The first-order valence-electron chi connectivity index (χ1n) is 9.43. The number of amidine groups is 1. The molecule has 0 aliphatic carbocycles. The van der Waals surface area contributed by atoms with Crippen LogP contribution in [-0.4, -0.2) is 55.1 Å². The Hall–Kier alpha value is -1.99. The zero-order valence-corrected chi connectivity index (χ0v) is 15.7. The lowest BCUT2D eigenvalue weighted by Crippen LogP contribution is -2.48. The predicted octanol–water partition coefficient (Wildman–Crippen LogP) is 1.64. The second-order valence-corrected chi connectivity index (χ2v) is 7.26. The van der Waals surface area contributed by atoms with Crippen LogP contribution in [0.5, 0.6) is 0 Å². The summed E-state index contributed by atoms with van der Waals surface area (Å²) in [6, 6.07) is 2.93. The first-order valence-corrected chi connectivity index (χ1v) is 9.43. The number of amides is 1. The topological polar surface area (TPSA) is 92.8 Å². The molecule has 1 aromatic rings. The van der Waals surface area contributed by atoms with Gasteiger partial charge < -0.3 is 20.7 Å². The molecule has 2 aliphatic heterocycles. The van der Waals surface area contributed by atoms with Gasteiger partial charge in [0.25, 0.3) is 5.91 Å². The molecule has 3 rings (SSSR count). The van der Waals surface area contributed by atoms with Crippen molar-refractivity contribution >= 4 is 17.6 Å². The second-order valence-electron chi connectivity index (χ2n) is 7.26. The number of carbonyl (C=O) groups excluding carboxylic acids is 1. The van der Waals surface area contributed by atoms with Gasteiger partial charge in [-0.15, -0.1) is 0 Å². The molecule has 3 N–H and O–H groups in total. The van der Waals surface area contributed by atoms with E-state index in [1.54, 1.807) is 13.1 Å². The maximum Gasteiger partial charge on any atom is 0.282 e. The number of hydrogen-bond donors (Lipinski definition) is 2. The number of nitrogens with two attached hydrogens (primary N) is 1. The maximum atomic E-state index is 12.4. The minimum atomic E-state index is -0.321. The highest BCUT2D eigenvalue weighted by Crippen LogP contribution is 2.24. The molecule has 0 aromatic carbocycles. The third-order valence-corrected chi connectivity index (χ3v) is 5.00. The monoisotopic (exact) mass is 359 g/mol. The van der Waals surface area contributed by atoms with E-state index < -0.39 is 0 Å². The normalized spacial score (nSPS) is 20.4. The van der Waals surface area contributed by atoms with E-state index in [1.165, 1.54) is 0 Å². The van der Waals surface area contributed by atoms with E-state index in [-0.39, 0.29) is 11.7 Å². The lowest BCUT2D eigenvalue weighted by atomic mass is 10.0. The Kier molecular flexibility index (Phi) is 6.21. The van der Waals surface area contributed by atoms with Gasteiger partial charge in [-0.05, 0) is 51.2 Å².